The zero-order valence-electron chi connectivity index (χ0n) is 21.8. The van der Waals surface area contributed by atoms with E-state index in [-0.39, 0.29) is 17.9 Å². The normalized spacial score (nSPS) is 11.5. The van der Waals surface area contributed by atoms with Crippen LogP contribution in [0.2, 0.25) is 0 Å². The molecule has 0 radical (unpaired) electrons. The topological polar surface area (TPSA) is 79.9 Å². The van der Waals surface area contributed by atoms with Crippen LogP contribution in [0.5, 0.6) is 5.75 Å². The van der Waals surface area contributed by atoms with E-state index >= 15 is 4.39 Å². The number of pyridine rings is 1. The van der Waals surface area contributed by atoms with Crippen LogP contribution >= 0.6 is 0 Å². The van der Waals surface area contributed by atoms with E-state index in [0.29, 0.717) is 28.2 Å². The highest BCUT2D eigenvalue weighted by atomic mass is 19.1. The Kier molecular flexibility index (Phi) is 6.68. The monoisotopic (exact) mass is 508 g/mol. The second-order valence-corrected chi connectivity index (χ2v) is 10.2. The van der Waals surface area contributed by atoms with Gasteiger partial charge < -0.3 is 15.0 Å². The van der Waals surface area contributed by atoms with E-state index in [1.165, 1.54) is 6.07 Å². The van der Waals surface area contributed by atoms with Crippen LogP contribution in [-0.2, 0) is 12.0 Å². The lowest BCUT2D eigenvalue weighted by Gasteiger charge is -2.19. The number of halogens is 1. The number of rotatable bonds is 6. The van der Waals surface area contributed by atoms with Gasteiger partial charge in [-0.3, -0.25) is 4.79 Å². The maximum absolute atomic E-state index is 15.1. The van der Waals surface area contributed by atoms with E-state index in [2.05, 4.69) is 41.0 Å². The molecular weight excluding hydrogens is 479 g/mol. The van der Waals surface area contributed by atoms with Gasteiger partial charge in [0, 0.05) is 35.0 Å². The number of carbonyl (C=O) groups excluding carboxylic acids is 1. The van der Waals surface area contributed by atoms with Gasteiger partial charge in [-0.15, -0.1) is 0 Å². The summed E-state index contributed by atoms with van der Waals surface area (Å²) in [5.74, 6) is 0.783. The number of methoxy groups -OCH3 is 1. The molecular formula is C31H29FN4O2. The van der Waals surface area contributed by atoms with Gasteiger partial charge in [0.2, 0.25) is 0 Å². The van der Waals surface area contributed by atoms with E-state index in [0.717, 1.165) is 28.0 Å². The molecule has 5 rings (SSSR count). The second kappa shape index (κ2) is 10.1. The van der Waals surface area contributed by atoms with Gasteiger partial charge in [0.25, 0.3) is 5.91 Å². The van der Waals surface area contributed by atoms with Crippen molar-refractivity contribution in [1.82, 2.24) is 20.3 Å². The molecule has 2 N–H and O–H groups in total. The summed E-state index contributed by atoms with van der Waals surface area (Å²) in [7, 11) is 1.62. The molecule has 0 atom stereocenters. The summed E-state index contributed by atoms with van der Waals surface area (Å²) >= 11 is 0. The van der Waals surface area contributed by atoms with Gasteiger partial charge in [0.1, 0.15) is 17.4 Å². The van der Waals surface area contributed by atoms with Gasteiger partial charge in [-0.25, -0.2) is 14.4 Å². The number of hydrogen-bond acceptors (Lipinski definition) is 4. The molecule has 1 amide bonds. The molecule has 0 aliphatic rings. The number of fused-ring (bicyclic) bond motifs is 1. The first-order valence-corrected chi connectivity index (χ1v) is 12.4. The van der Waals surface area contributed by atoms with Crippen LogP contribution < -0.4 is 10.1 Å². The third-order valence-corrected chi connectivity index (χ3v) is 6.57. The third kappa shape index (κ3) is 5.13. The second-order valence-electron chi connectivity index (χ2n) is 10.2. The molecule has 0 bridgehead atoms. The van der Waals surface area contributed by atoms with Gasteiger partial charge in [0.05, 0.1) is 12.6 Å². The Morgan fingerprint density at radius 2 is 1.68 bits per heavy atom. The van der Waals surface area contributed by atoms with Crippen LogP contribution in [-0.4, -0.2) is 28.0 Å². The third-order valence-electron chi connectivity index (χ3n) is 6.57. The number of hydrogen-bond donors (Lipinski definition) is 2. The van der Waals surface area contributed by atoms with Crippen molar-refractivity contribution in [2.24, 2.45) is 0 Å². The molecule has 192 valence electrons. The average Bonchev–Trinajstić information content (AvgIpc) is 3.36. The van der Waals surface area contributed by atoms with Crippen LogP contribution in [0, 0.1) is 5.82 Å². The highest BCUT2D eigenvalue weighted by molar-refractivity contribution is 5.94. The van der Waals surface area contributed by atoms with Crippen LogP contribution in [0.1, 0.15) is 42.3 Å². The lowest BCUT2D eigenvalue weighted by molar-refractivity contribution is 0.0950. The van der Waals surface area contributed by atoms with Gasteiger partial charge >= 0.3 is 0 Å². The number of amides is 1. The molecule has 0 unspecified atom stereocenters. The number of H-pyrrole nitrogens is 1. The van der Waals surface area contributed by atoms with E-state index in [9.17, 15) is 4.79 Å². The quantitative estimate of drug-likeness (QED) is 0.269. The minimum atomic E-state index is -0.397. The van der Waals surface area contributed by atoms with Crippen molar-refractivity contribution in [3.63, 3.8) is 0 Å². The van der Waals surface area contributed by atoms with Crippen LogP contribution in [0.4, 0.5) is 4.39 Å². The Balaban J connectivity index is 1.34. The minimum absolute atomic E-state index is 0.00765. The van der Waals surface area contributed by atoms with Crippen molar-refractivity contribution in [2.75, 3.05) is 7.11 Å². The molecule has 2 aromatic heterocycles. The van der Waals surface area contributed by atoms with E-state index in [1.54, 1.807) is 31.5 Å². The van der Waals surface area contributed by atoms with E-state index in [4.69, 9.17) is 4.74 Å². The molecule has 0 saturated carbocycles. The summed E-state index contributed by atoms with van der Waals surface area (Å²) in [6.45, 7) is 6.45. The number of nitrogens with zero attached hydrogens (tertiary/aromatic N) is 2. The number of carbonyl (C=O) groups is 1. The summed E-state index contributed by atoms with van der Waals surface area (Å²) in [6.07, 6.45) is 1.66. The Bertz CT molecular complexity index is 1600. The first-order chi connectivity index (χ1) is 18.2. The van der Waals surface area contributed by atoms with Crippen LogP contribution in [0.15, 0.2) is 79.0 Å². The zero-order chi connectivity index (χ0) is 26.9. The Hall–Kier alpha value is -4.52. The number of imidazole rings is 1. The zero-order valence-corrected chi connectivity index (χ0v) is 21.8. The number of aromatic amines is 1. The molecule has 0 aliphatic heterocycles. The summed E-state index contributed by atoms with van der Waals surface area (Å²) in [6, 6.07) is 21.9. The summed E-state index contributed by atoms with van der Waals surface area (Å²) in [5.41, 5.74) is 5.73. The van der Waals surface area contributed by atoms with Crippen molar-refractivity contribution in [2.45, 2.75) is 32.7 Å². The molecule has 38 heavy (non-hydrogen) atoms. The van der Waals surface area contributed by atoms with Crippen LogP contribution in [0.25, 0.3) is 33.7 Å². The standard InChI is InChI=1S/C31H29FN4O2/c1-31(2,3)23-11-7-20(8-12-23)30(37)34-18-22-6-5-21(17-26(22)32)25-15-16-33-29-27(25)35-28(36-29)19-9-13-24(38-4)14-10-19/h5-17H,18H2,1-4H3,(H,34,37)(H,33,35,36). The molecule has 0 aliphatic carbocycles. The summed E-state index contributed by atoms with van der Waals surface area (Å²) < 4.78 is 20.3. The highest BCUT2D eigenvalue weighted by Crippen LogP contribution is 2.30. The van der Waals surface area contributed by atoms with Crippen LogP contribution in [0.3, 0.4) is 0 Å². The predicted octanol–water partition coefficient (Wildman–Crippen LogP) is 6.67. The van der Waals surface area contributed by atoms with Crippen molar-refractivity contribution in [3.05, 3.63) is 102 Å². The maximum Gasteiger partial charge on any atom is 0.251 e. The van der Waals surface area contributed by atoms with Gasteiger partial charge in [-0.2, -0.15) is 0 Å². The molecule has 6 nitrogen and oxygen atoms in total. The van der Waals surface area contributed by atoms with Gasteiger partial charge in [-0.05, 0) is 65.1 Å². The number of nitrogens with one attached hydrogen (secondary N) is 2. The van der Waals surface area contributed by atoms with E-state index in [1.807, 2.05) is 48.5 Å². The Morgan fingerprint density at radius 3 is 2.34 bits per heavy atom. The lowest BCUT2D eigenvalue weighted by atomic mass is 9.87. The fourth-order valence-electron chi connectivity index (χ4n) is 4.29. The largest absolute Gasteiger partial charge is 0.497 e. The minimum Gasteiger partial charge on any atom is -0.497 e. The number of ether oxygens (including phenoxy) is 1. The molecule has 5 aromatic rings. The average molecular weight is 509 g/mol. The molecule has 0 spiro atoms. The van der Waals surface area contributed by atoms with E-state index < -0.39 is 5.82 Å². The molecule has 2 heterocycles. The smallest absolute Gasteiger partial charge is 0.251 e. The fraction of sp³-hybridized carbons (Fsp3) is 0.194. The first-order valence-electron chi connectivity index (χ1n) is 12.4. The summed E-state index contributed by atoms with van der Waals surface area (Å²) in [4.78, 5) is 24.9. The lowest BCUT2D eigenvalue weighted by Crippen LogP contribution is -2.23. The number of benzene rings is 3. The van der Waals surface area contributed by atoms with Gasteiger partial charge in [-0.1, -0.05) is 45.0 Å². The van der Waals surface area contributed by atoms with Gasteiger partial charge in [0.15, 0.2) is 5.65 Å². The molecule has 0 saturated heterocycles. The number of aromatic nitrogens is 3. The fourth-order valence-corrected chi connectivity index (χ4v) is 4.29. The predicted molar refractivity (Wildman–Crippen MR) is 148 cm³/mol. The first kappa shape index (κ1) is 25.1. The highest BCUT2D eigenvalue weighted by Gasteiger charge is 2.16. The Labute approximate surface area is 220 Å². The molecule has 3 aromatic carbocycles. The Morgan fingerprint density at radius 1 is 0.974 bits per heavy atom. The maximum atomic E-state index is 15.1. The van der Waals surface area contributed by atoms with Crippen molar-refractivity contribution in [3.8, 4) is 28.3 Å². The van der Waals surface area contributed by atoms with Crippen molar-refractivity contribution >= 4 is 17.1 Å². The van der Waals surface area contributed by atoms with Crippen molar-refractivity contribution < 1.29 is 13.9 Å². The summed E-state index contributed by atoms with van der Waals surface area (Å²) in [5, 5.41) is 2.82. The molecule has 7 heteroatoms. The molecule has 0 fully saturated rings. The SMILES string of the molecule is COc1ccc(-c2nc3nccc(-c4ccc(CNC(=O)c5ccc(C(C)(C)C)cc5)c(F)c4)c3[nH]2)cc1. The van der Waals surface area contributed by atoms with Crippen molar-refractivity contribution in [1.29, 1.82) is 0 Å².